The molecule has 1 aliphatic rings. The highest BCUT2D eigenvalue weighted by Gasteiger charge is 2.31. The van der Waals surface area contributed by atoms with Crippen LogP contribution >= 0.6 is 11.6 Å². The predicted octanol–water partition coefficient (Wildman–Crippen LogP) is 4.97. The average molecular weight is 533 g/mol. The van der Waals surface area contributed by atoms with E-state index in [4.69, 9.17) is 11.6 Å². The number of nitrogens with zero attached hydrogens (tertiary/aromatic N) is 2. The summed E-state index contributed by atoms with van der Waals surface area (Å²) in [6, 6.07) is 6.79. The van der Waals surface area contributed by atoms with E-state index in [0.29, 0.717) is 36.0 Å². The van der Waals surface area contributed by atoms with E-state index in [1.165, 1.54) is 25.1 Å². The Morgan fingerprint density at radius 2 is 1.83 bits per heavy atom. The quantitative estimate of drug-likeness (QED) is 0.494. The van der Waals surface area contributed by atoms with Crippen molar-refractivity contribution in [1.82, 2.24) is 10.2 Å². The zero-order valence-corrected chi connectivity index (χ0v) is 20.4. The van der Waals surface area contributed by atoms with Crippen molar-refractivity contribution in [3.63, 3.8) is 0 Å². The van der Waals surface area contributed by atoms with Gasteiger partial charge < -0.3 is 15.5 Å². The Hall–Kier alpha value is -2.92. The number of benzene rings is 2. The van der Waals surface area contributed by atoms with Gasteiger partial charge in [-0.2, -0.15) is 13.2 Å². The van der Waals surface area contributed by atoms with Crippen molar-refractivity contribution in [2.75, 3.05) is 36.4 Å². The monoisotopic (exact) mass is 532 g/mol. The van der Waals surface area contributed by atoms with E-state index in [9.17, 15) is 31.5 Å². The molecule has 0 bridgehead atoms. The molecule has 0 aromatic heterocycles. The van der Waals surface area contributed by atoms with Crippen molar-refractivity contribution in [3.05, 3.63) is 58.1 Å². The third kappa shape index (κ3) is 7.07. The number of amides is 2. The first-order valence-electron chi connectivity index (χ1n) is 11.2. The summed E-state index contributed by atoms with van der Waals surface area (Å²) in [7, 11) is 0. The third-order valence-electron chi connectivity index (χ3n) is 5.88. The molecule has 0 radical (unpaired) electrons. The van der Waals surface area contributed by atoms with Crippen LogP contribution in [0.2, 0.25) is 5.02 Å². The summed E-state index contributed by atoms with van der Waals surface area (Å²) >= 11 is 6.17. The summed E-state index contributed by atoms with van der Waals surface area (Å²) in [4.78, 5) is 27.5. The van der Waals surface area contributed by atoms with Gasteiger partial charge in [-0.3, -0.25) is 14.5 Å². The molecular weight excluding hydrogens is 507 g/mol. The number of halogens is 6. The Bertz CT molecular complexity index is 1130. The molecule has 6 nitrogen and oxygen atoms in total. The molecule has 196 valence electrons. The second-order valence-electron chi connectivity index (χ2n) is 8.63. The lowest BCUT2D eigenvalue weighted by Crippen LogP contribution is -2.52. The summed E-state index contributed by atoms with van der Waals surface area (Å²) in [5.41, 5.74) is 0.178. The van der Waals surface area contributed by atoms with Crippen LogP contribution in [0.25, 0.3) is 0 Å². The standard InChI is InChI=1S/C24H26ClF5N4O2/c1-14-13-33(8-7-24(28,29)30)9-10-34(14)20-11-17(25)4-6-19(20)32-23(36)18-5-3-16(12-31-15(2)35)21(26)22(18)27/h3-6,11,14H,7-10,12-13H2,1-2H3,(H,31,35)(H,32,36)/t14-/m1/s1. The van der Waals surface area contributed by atoms with Crippen LogP contribution in [0, 0.1) is 11.6 Å². The molecule has 1 atom stereocenters. The van der Waals surface area contributed by atoms with Gasteiger partial charge in [0.2, 0.25) is 5.91 Å². The van der Waals surface area contributed by atoms with Gasteiger partial charge in [-0.05, 0) is 31.2 Å². The molecule has 12 heteroatoms. The van der Waals surface area contributed by atoms with Crippen LogP contribution < -0.4 is 15.5 Å². The zero-order chi connectivity index (χ0) is 26.6. The van der Waals surface area contributed by atoms with Gasteiger partial charge in [-0.1, -0.05) is 17.7 Å². The van der Waals surface area contributed by atoms with E-state index < -0.39 is 41.6 Å². The highest BCUT2D eigenvalue weighted by molar-refractivity contribution is 6.31. The number of hydrogen-bond acceptors (Lipinski definition) is 4. The summed E-state index contributed by atoms with van der Waals surface area (Å²) < 4.78 is 66.9. The van der Waals surface area contributed by atoms with Gasteiger partial charge in [0.05, 0.1) is 23.4 Å². The highest BCUT2D eigenvalue weighted by Crippen LogP contribution is 2.33. The first-order chi connectivity index (χ1) is 16.9. The lowest BCUT2D eigenvalue weighted by Gasteiger charge is -2.42. The molecule has 1 saturated heterocycles. The average Bonchev–Trinajstić information content (AvgIpc) is 2.79. The fourth-order valence-corrected chi connectivity index (χ4v) is 4.20. The van der Waals surface area contributed by atoms with Crippen LogP contribution in [0.15, 0.2) is 30.3 Å². The molecule has 0 saturated carbocycles. The van der Waals surface area contributed by atoms with Gasteiger partial charge in [-0.25, -0.2) is 8.78 Å². The van der Waals surface area contributed by atoms with Gasteiger partial charge >= 0.3 is 6.18 Å². The summed E-state index contributed by atoms with van der Waals surface area (Å²) in [6.07, 6.45) is -5.13. The Labute approximate surface area is 210 Å². The van der Waals surface area contributed by atoms with Crippen molar-refractivity contribution in [2.45, 2.75) is 39.0 Å². The molecule has 1 heterocycles. The SMILES string of the molecule is CC(=O)NCc1ccc(C(=O)Nc2ccc(Cl)cc2N2CCN(CCC(F)(F)F)C[C@H]2C)c(F)c1F. The maximum Gasteiger partial charge on any atom is 0.390 e. The highest BCUT2D eigenvalue weighted by atomic mass is 35.5. The maximum absolute atomic E-state index is 14.7. The van der Waals surface area contributed by atoms with Crippen molar-refractivity contribution in [1.29, 1.82) is 0 Å². The number of piperazine rings is 1. The fourth-order valence-electron chi connectivity index (χ4n) is 4.04. The molecule has 2 amide bonds. The molecule has 1 aliphatic heterocycles. The smallest absolute Gasteiger partial charge is 0.365 e. The largest absolute Gasteiger partial charge is 0.390 e. The van der Waals surface area contributed by atoms with Gasteiger partial charge in [0, 0.05) is 56.3 Å². The number of carbonyl (C=O) groups is 2. The van der Waals surface area contributed by atoms with Crippen LogP contribution in [0.3, 0.4) is 0 Å². The molecule has 36 heavy (non-hydrogen) atoms. The molecule has 2 aromatic rings. The number of alkyl halides is 3. The summed E-state index contributed by atoms with van der Waals surface area (Å²) in [5.74, 6) is -3.89. The Morgan fingerprint density at radius 3 is 2.47 bits per heavy atom. The van der Waals surface area contributed by atoms with E-state index in [-0.39, 0.29) is 24.7 Å². The minimum Gasteiger partial charge on any atom is -0.365 e. The van der Waals surface area contributed by atoms with E-state index in [0.717, 1.165) is 6.07 Å². The summed E-state index contributed by atoms with van der Waals surface area (Å²) in [6.45, 7) is 3.86. The van der Waals surface area contributed by atoms with Gasteiger partial charge in [-0.15, -0.1) is 0 Å². The first-order valence-corrected chi connectivity index (χ1v) is 11.6. The molecule has 3 rings (SSSR count). The van der Waals surface area contributed by atoms with Gasteiger partial charge in [0.15, 0.2) is 11.6 Å². The van der Waals surface area contributed by atoms with Crippen molar-refractivity contribution < 1.29 is 31.5 Å². The fraction of sp³-hybridized carbons (Fsp3) is 0.417. The van der Waals surface area contributed by atoms with Gasteiger partial charge in [0.1, 0.15) is 0 Å². The lowest BCUT2D eigenvalue weighted by molar-refractivity contribution is -0.138. The molecule has 2 N–H and O–H groups in total. The normalized spacial score (nSPS) is 16.7. The van der Waals surface area contributed by atoms with Crippen molar-refractivity contribution >= 4 is 34.8 Å². The Balaban J connectivity index is 1.77. The molecule has 0 aliphatic carbocycles. The van der Waals surface area contributed by atoms with E-state index in [1.54, 1.807) is 11.0 Å². The predicted molar refractivity (Wildman–Crippen MR) is 127 cm³/mol. The Kier molecular flexibility index (Phi) is 8.78. The second-order valence-corrected chi connectivity index (χ2v) is 9.07. The second kappa shape index (κ2) is 11.4. The molecule has 0 spiro atoms. The van der Waals surface area contributed by atoms with Crippen LogP contribution in [-0.2, 0) is 11.3 Å². The minimum absolute atomic E-state index is 0.108. The topological polar surface area (TPSA) is 64.7 Å². The molecular formula is C24H26ClF5N4O2. The molecule has 0 unspecified atom stereocenters. The van der Waals surface area contributed by atoms with Crippen LogP contribution in [0.1, 0.15) is 36.2 Å². The molecule has 1 fully saturated rings. The van der Waals surface area contributed by atoms with E-state index in [2.05, 4.69) is 10.6 Å². The summed E-state index contributed by atoms with van der Waals surface area (Å²) in [5, 5.41) is 5.32. The van der Waals surface area contributed by atoms with E-state index >= 15 is 0 Å². The lowest BCUT2D eigenvalue weighted by atomic mass is 10.1. The van der Waals surface area contributed by atoms with Crippen molar-refractivity contribution in [2.24, 2.45) is 0 Å². The van der Waals surface area contributed by atoms with Gasteiger partial charge in [0.25, 0.3) is 5.91 Å². The van der Waals surface area contributed by atoms with Crippen LogP contribution in [0.5, 0.6) is 0 Å². The van der Waals surface area contributed by atoms with Crippen molar-refractivity contribution in [3.8, 4) is 0 Å². The number of carbonyl (C=O) groups excluding carboxylic acids is 2. The van der Waals surface area contributed by atoms with Crippen LogP contribution in [-0.4, -0.2) is 55.1 Å². The van der Waals surface area contributed by atoms with Crippen LogP contribution in [0.4, 0.5) is 33.3 Å². The number of nitrogens with one attached hydrogen (secondary N) is 2. The third-order valence-corrected chi connectivity index (χ3v) is 6.11. The van der Waals surface area contributed by atoms with E-state index in [1.807, 2.05) is 11.8 Å². The Morgan fingerprint density at radius 1 is 1.11 bits per heavy atom. The maximum atomic E-state index is 14.7. The minimum atomic E-state index is -4.23. The molecule has 2 aromatic carbocycles. The number of rotatable bonds is 7. The zero-order valence-electron chi connectivity index (χ0n) is 19.7. The number of hydrogen-bond donors (Lipinski definition) is 2. The first kappa shape index (κ1) is 27.7. The number of anilines is 2.